The van der Waals surface area contributed by atoms with Crippen molar-refractivity contribution in [2.24, 2.45) is 23.3 Å². The van der Waals surface area contributed by atoms with Crippen LogP contribution in [0.3, 0.4) is 0 Å². The average molecular weight is 470 g/mol. The van der Waals surface area contributed by atoms with Gasteiger partial charge in [-0.3, -0.25) is 19.2 Å². The van der Waals surface area contributed by atoms with E-state index in [2.05, 4.69) is 10.6 Å². The number of nitrogens with two attached hydrogens (primary N) is 2. The summed E-state index contributed by atoms with van der Waals surface area (Å²) in [4.78, 5) is 62.9. The molecule has 0 aromatic carbocycles. The first-order chi connectivity index (χ1) is 15.4. The molecule has 0 spiro atoms. The lowest BCUT2D eigenvalue weighted by molar-refractivity contribution is -0.144. The second-order valence-electron chi connectivity index (χ2n) is 9.20. The van der Waals surface area contributed by atoms with Crippen LogP contribution in [-0.2, 0) is 24.0 Å². The van der Waals surface area contributed by atoms with E-state index in [4.69, 9.17) is 11.5 Å². The predicted molar refractivity (Wildman–Crippen MR) is 122 cm³/mol. The summed E-state index contributed by atoms with van der Waals surface area (Å²) in [6.07, 6.45) is 1.77. The van der Waals surface area contributed by atoms with E-state index in [1.54, 1.807) is 13.8 Å². The van der Waals surface area contributed by atoms with Gasteiger partial charge in [0.2, 0.25) is 23.6 Å². The van der Waals surface area contributed by atoms with Crippen LogP contribution in [0.2, 0.25) is 0 Å². The van der Waals surface area contributed by atoms with Gasteiger partial charge in [0.05, 0.1) is 6.04 Å². The van der Waals surface area contributed by atoms with Crippen molar-refractivity contribution in [1.82, 2.24) is 15.5 Å². The molecule has 0 aromatic heterocycles. The molecule has 1 aliphatic rings. The van der Waals surface area contributed by atoms with Gasteiger partial charge in [-0.1, -0.05) is 34.1 Å². The van der Waals surface area contributed by atoms with Crippen LogP contribution in [0.1, 0.15) is 66.2 Å². The van der Waals surface area contributed by atoms with E-state index in [-0.39, 0.29) is 30.6 Å². The van der Waals surface area contributed by atoms with E-state index in [0.717, 1.165) is 0 Å². The van der Waals surface area contributed by atoms with Gasteiger partial charge in [-0.2, -0.15) is 0 Å². The highest BCUT2D eigenvalue weighted by Gasteiger charge is 2.38. The second-order valence-corrected chi connectivity index (χ2v) is 9.20. The maximum Gasteiger partial charge on any atom is 0.326 e. The van der Waals surface area contributed by atoms with Crippen molar-refractivity contribution in [1.29, 1.82) is 0 Å². The van der Waals surface area contributed by atoms with Gasteiger partial charge in [0.25, 0.3) is 0 Å². The molecule has 0 saturated carbocycles. The quantitative estimate of drug-likeness (QED) is 0.245. The lowest BCUT2D eigenvalue weighted by Gasteiger charge is -2.29. The summed E-state index contributed by atoms with van der Waals surface area (Å²) in [5, 5.41) is 14.5. The van der Waals surface area contributed by atoms with Crippen LogP contribution in [0.15, 0.2) is 0 Å². The standard InChI is InChI=1S/C22H39N5O6/c1-5-13(4)18(22(32)33)26-19(29)15(8-9-17(24)28)25-20(30)16-7-6-10-27(16)21(31)14(23)11-12(2)3/h12-16,18H,5-11,23H2,1-4H3,(H2,24,28)(H,25,30)(H,26,29)(H,32,33). The number of carbonyl (C=O) groups is 5. The minimum absolute atomic E-state index is 0.0900. The molecule has 188 valence electrons. The minimum Gasteiger partial charge on any atom is -0.480 e. The molecule has 0 aromatic rings. The number of carboxylic acids is 1. The van der Waals surface area contributed by atoms with E-state index in [1.165, 1.54) is 4.90 Å². The number of aliphatic carboxylic acids is 1. The highest BCUT2D eigenvalue weighted by Crippen LogP contribution is 2.20. The molecular formula is C22H39N5O6. The van der Waals surface area contributed by atoms with Crippen LogP contribution in [0.5, 0.6) is 0 Å². The van der Waals surface area contributed by atoms with E-state index in [0.29, 0.717) is 32.2 Å². The Labute approximate surface area is 195 Å². The predicted octanol–water partition coefficient (Wildman–Crippen LogP) is -0.283. The Morgan fingerprint density at radius 1 is 1.12 bits per heavy atom. The average Bonchev–Trinajstić information content (AvgIpc) is 3.22. The monoisotopic (exact) mass is 469 g/mol. The topological polar surface area (TPSA) is 185 Å². The minimum atomic E-state index is -1.19. The molecule has 11 nitrogen and oxygen atoms in total. The molecule has 7 N–H and O–H groups in total. The molecule has 1 rings (SSSR count). The van der Waals surface area contributed by atoms with Crippen LogP contribution >= 0.6 is 0 Å². The molecule has 0 bridgehead atoms. The number of nitrogens with zero attached hydrogens (tertiary/aromatic N) is 1. The largest absolute Gasteiger partial charge is 0.480 e. The summed E-state index contributed by atoms with van der Waals surface area (Å²) in [6.45, 7) is 7.78. The Bertz CT molecular complexity index is 728. The van der Waals surface area contributed by atoms with Crippen molar-refractivity contribution in [3.63, 3.8) is 0 Å². The van der Waals surface area contributed by atoms with Gasteiger partial charge >= 0.3 is 5.97 Å². The van der Waals surface area contributed by atoms with Crippen LogP contribution in [0, 0.1) is 11.8 Å². The molecule has 4 amide bonds. The maximum absolute atomic E-state index is 13.0. The van der Waals surface area contributed by atoms with Crippen molar-refractivity contribution in [3.05, 3.63) is 0 Å². The third kappa shape index (κ3) is 8.64. The zero-order chi connectivity index (χ0) is 25.3. The van der Waals surface area contributed by atoms with Crippen LogP contribution in [-0.4, -0.2) is 70.3 Å². The summed E-state index contributed by atoms with van der Waals surface area (Å²) in [7, 11) is 0. The zero-order valence-corrected chi connectivity index (χ0v) is 20.0. The molecule has 5 atom stereocenters. The SMILES string of the molecule is CCC(C)C(NC(=O)C(CCC(N)=O)NC(=O)C1CCCN1C(=O)C(N)CC(C)C)C(=O)O. The fourth-order valence-electron chi connectivity index (χ4n) is 3.89. The highest BCUT2D eigenvalue weighted by molar-refractivity contribution is 5.94. The zero-order valence-electron chi connectivity index (χ0n) is 20.0. The van der Waals surface area contributed by atoms with Gasteiger partial charge in [-0.15, -0.1) is 0 Å². The summed E-state index contributed by atoms with van der Waals surface area (Å²) in [5.74, 6) is -3.55. The molecule has 0 radical (unpaired) electrons. The number of carbonyl (C=O) groups excluding carboxylic acids is 4. The highest BCUT2D eigenvalue weighted by atomic mass is 16.4. The molecule has 1 heterocycles. The van der Waals surface area contributed by atoms with E-state index >= 15 is 0 Å². The fraction of sp³-hybridized carbons (Fsp3) is 0.773. The molecular weight excluding hydrogens is 430 g/mol. The van der Waals surface area contributed by atoms with Gasteiger partial charge < -0.3 is 32.1 Å². The first kappa shape index (κ1) is 28.3. The first-order valence-corrected chi connectivity index (χ1v) is 11.6. The smallest absolute Gasteiger partial charge is 0.326 e. The van der Waals surface area contributed by atoms with Crippen molar-refractivity contribution < 1.29 is 29.1 Å². The fourth-order valence-corrected chi connectivity index (χ4v) is 3.89. The number of likely N-dealkylation sites (tertiary alicyclic amines) is 1. The lowest BCUT2D eigenvalue weighted by atomic mass is 9.98. The van der Waals surface area contributed by atoms with Gasteiger partial charge in [-0.05, 0) is 37.5 Å². The molecule has 1 saturated heterocycles. The number of hydrogen-bond acceptors (Lipinski definition) is 6. The molecule has 1 fully saturated rings. The van der Waals surface area contributed by atoms with Crippen LogP contribution in [0.25, 0.3) is 0 Å². The number of nitrogens with one attached hydrogen (secondary N) is 2. The van der Waals surface area contributed by atoms with Gasteiger partial charge in [0.1, 0.15) is 18.1 Å². The molecule has 11 heteroatoms. The van der Waals surface area contributed by atoms with Gasteiger partial charge in [0, 0.05) is 13.0 Å². The Kier molecular flexibility index (Phi) is 11.3. The molecule has 33 heavy (non-hydrogen) atoms. The summed E-state index contributed by atoms with van der Waals surface area (Å²) >= 11 is 0. The third-order valence-electron chi connectivity index (χ3n) is 5.97. The third-order valence-corrected chi connectivity index (χ3v) is 5.97. The number of amides is 4. The van der Waals surface area contributed by atoms with Crippen LogP contribution < -0.4 is 22.1 Å². The Morgan fingerprint density at radius 2 is 1.76 bits per heavy atom. The maximum atomic E-state index is 13.0. The van der Waals surface area contributed by atoms with Crippen molar-refractivity contribution >= 4 is 29.6 Å². The van der Waals surface area contributed by atoms with Crippen molar-refractivity contribution in [3.8, 4) is 0 Å². The Morgan fingerprint density at radius 3 is 2.27 bits per heavy atom. The lowest BCUT2D eigenvalue weighted by Crippen LogP contribution is -2.57. The normalized spacial score (nSPS) is 19.5. The Balaban J connectivity index is 2.96. The number of carboxylic acid groups (broad SMARTS) is 1. The number of rotatable bonds is 13. The summed E-state index contributed by atoms with van der Waals surface area (Å²) < 4.78 is 0. The molecule has 5 unspecified atom stereocenters. The molecule has 0 aliphatic carbocycles. The van der Waals surface area contributed by atoms with E-state index < -0.39 is 47.9 Å². The molecule has 1 aliphatic heterocycles. The van der Waals surface area contributed by atoms with Crippen molar-refractivity contribution in [2.45, 2.75) is 90.4 Å². The van der Waals surface area contributed by atoms with Gasteiger partial charge in [0.15, 0.2) is 0 Å². The van der Waals surface area contributed by atoms with Crippen molar-refractivity contribution in [2.75, 3.05) is 6.54 Å². The first-order valence-electron chi connectivity index (χ1n) is 11.6. The summed E-state index contributed by atoms with van der Waals surface area (Å²) in [6, 6.07) is -3.82. The van der Waals surface area contributed by atoms with E-state index in [1.807, 2.05) is 13.8 Å². The van der Waals surface area contributed by atoms with Gasteiger partial charge in [-0.25, -0.2) is 4.79 Å². The number of primary amides is 1. The summed E-state index contributed by atoms with van der Waals surface area (Å²) in [5.41, 5.74) is 11.2. The Hall–Kier alpha value is -2.69. The van der Waals surface area contributed by atoms with E-state index in [9.17, 15) is 29.1 Å². The second kappa shape index (κ2) is 13.1. The number of hydrogen-bond donors (Lipinski definition) is 5. The van der Waals surface area contributed by atoms with Crippen LogP contribution in [0.4, 0.5) is 0 Å².